The first-order chi connectivity index (χ1) is 9.51. The Hall–Kier alpha value is -1.06. The van der Waals surface area contributed by atoms with E-state index in [1.165, 1.54) is 6.42 Å². The zero-order valence-corrected chi connectivity index (χ0v) is 12.2. The van der Waals surface area contributed by atoms with E-state index < -0.39 is 23.8 Å². The maximum Gasteiger partial charge on any atom is 0.307 e. The number of fused-ring (bicyclic) bond motifs is 5. The number of hydrogen-bond donors (Lipinski definition) is 2. The minimum absolute atomic E-state index is 0.102. The predicted octanol–water partition coefficient (Wildman–Crippen LogP) is 2.73. The Balaban J connectivity index is 1.97. The predicted molar refractivity (Wildman–Crippen MR) is 73.0 cm³/mol. The van der Waals surface area contributed by atoms with Crippen LogP contribution in [0.2, 0.25) is 0 Å². The van der Waals surface area contributed by atoms with Crippen molar-refractivity contribution in [1.29, 1.82) is 0 Å². The zero-order valence-electron chi connectivity index (χ0n) is 12.2. The minimum Gasteiger partial charge on any atom is -0.481 e. The first-order valence-electron chi connectivity index (χ1n) is 7.96. The Morgan fingerprint density at radius 2 is 1.25 bits per heavy atom. The molecular weight excluding hydrogens is 256 g/mol. The van der Waals surface area contributed by atoms with Crippen LogP contribution in [0, 0.1) is 47.3 Å². The van der Waals surface area contributed by atoms with Crippen molar-refractivity contribution in [2.45, 2.75) is 39.5 Å². The highest BCUT2D eigenvalue weighted by Gasteiger charge is 2.66. The van der Waals surface area contributed by atoms with Gasteiger partial charge in [0, 0.05) is 0 Å². The third-order valence-electron chi connectivity index (χ3n) is 6.60. The van der Waals surface area contributed by atoms with E-state index in [1.54, 1.807) is 0 Å². The van der Waals surface area contributed by atoms with E-state index in [9.17, 15) is 19.8 Å². The second-order valence-corrected chi connectivity index (χ2v) is 7.02. The molecule has 0 aromatic rings. The molecular formula is C16H24O4. The molecule has 4 nitrogen and oxygen atoms in total. The van der Waals surface area contributed by atoms with Crippen molar-refractivity contribution in [2.75, 3.05) is 0 Å². The van der Waals surface area contributed by atoms with Crippen LogP contribution in [0.3, 0.4) is 0 Å². The molecule has 3 saturated carbocycles. The van der Waals surface area contributed by atoms with Crippen LogP contribution in [0.4, 0.5) is 0 Å². The normalized spacial score (nSPS) is 49.3. The van der Waals surface area contributed by atoms with Crippen LogP contribution in [-0.4, -0.2) is 22.2 Å². The van der Waals surface area contributed by atoms with Gasteiger partial charge in [-0.15, -0.1) is 0 Å². The third-order valence-corrected chi connectivity index (χ3v) is 6.60. The van der Waals surface area contributed by atoms with Gasteiger partial charge in [-0.05, 0) is 48.3 Å². The van der Waals surface area contributed by atoms with Crippen LogP contribution in [0.25, 0.3) is 0 Å². The van der Waals surface area contributed by atoms with Gasteiger partial charge in [0.2, 0.25) is 0 Å². The van der Waals surface area contributed by atoms with Crippen LogP contribution < -0.4 is 0 Å². The molecule has 4 heteroatoms. The van der Waals surface area contributed by atoms with E-state index >= 15 is 0 Å². The fraction of sp³-hybridized carbons (Fsp3) is 0.875. The number of carboxylic acids is 2. The molecule has 0 aliphatic heterocycles. The molecule has 8 atom stereocenters. The molecule has 3 aliphatic rings. The summed E-state index contributed by atoms with van der Waals surface area (Å²) in [6.45, 7) is 4.38. The summed E-state index contributed by atoms with van der Waals surface area (Å²) in [6.07, 6.45) is 4.21. The van der Waals surface area contributed by atoms with Gasteiger partial charge in [0.15, 0.2) is 0 Å². The molecule has 2 bridgehead atoms. The van der Waals surface area contributed by atoms with Crippen molar-refractivity contribution in [2.24, 2.45) is 47.3 Å². The van der Waals surface area contributed by atoms with Gasteiger partial charge in [0.1, 0.15) is 0 Å². The Kier molecular flexibility index (Phi) is 3.30. The van der Waals surface area contributed by atoms with Gasteiger partial charge in [-0.2, -0.15) is 0 Å². The van der Waals surface area contributed by atoms with Crippen molar-refractivity contribution in [3.8, 4) is 0 Å². The summed E-state index contributed by atoms with van der Waals surface area (Å²) in [5.41, 5.74) is 0. The topological polar surface area (TPSA) is 74.6 Å². The first-order valence-corrected chi connectivity index (χ1v) is 7.96. The second-order valence-electron chi connectivity index (χ2n) is 7.02. The zero-order chi connectivity index (χ0) is 14.6. The van der Waals surface area contributed by atoms with Crippen molar-refractivity contribution < 1.29 is 19.8 Å². The van der Waals surface area contributed by atoms with E-state index in [0.29, 0.717) is 23.7 Å². The van der Waals surface area contributed by atoms with E-state index in [-0.39, 0.29) is 11.8 Å². The lowest BCUT2D eigenvalue weighted by atomic mass is 9.65. The van der Waals surface area contributed by atoms with Crippen LogP contribution >= 0.6 is 0 Å². The number of carbonyl (C=O) groups is 2. The highest BCUT2D eigenvalue weighted by molar-refractivity contribution is 5.82. The molecule has 3 fully saturated rings. The summed E-state index contributed by atoms with van der Waals surface area (Å²) in [6, 6.07) is 0. The Bertz CT molecular complexity index is 394. The van der Waals surface area contributed by atoms with Gasteiger partial charge < -0.3 is 10.2 Å². The van der Waals surface area contributed by atoms with Gasteiger partial charge in [-0.25, -0.2) is 0 Å². The first kappa shape index (κ1) is 13.9. The lowest BCUT2D eigenvalue weighted by Crippen LogP contribution is -2.43. The molecule has 0 radical (unpaired) electrons. The molecule has 112 valence electrons. The van der Waals surface area contributed by atoms with Crippen LogP contribution in [0.5, 0.6) is 0 Å². The maximum absolute atomic E-state index is 11.6. The van der Waals surface area contributed by atoms with Crippen molar-refractivity contribution >= 4 is 11.9 Å². The highest BCUT2D eigenvalue weighted by atomic mass is 16.4. The van der Waals surface area contributed by atoms with Crippen LogP contribution in [-0.2, 0) is 9.59 Å². The molecule has 0 spiro atoms. The SMILES string of the molecule is CCC1CC(CC)C2C3CC(C(C(=O)O)C3C(=O)O)C12. The molecule has 3 aliphatic carbocycles. The smallest absolute Gasteiger partial charge is 0.307 e. The van der Waals surface area contributed by atoms with E-state index in [2.05, 4.69) is 13.8 Å². The fourth-order valence-corrected chi connectivity index (χ4v) is 6.09. The number of rotatable bonds is 4. The summed E-state index contributed by atoms with van der Waals surface area (Å²) in [7, 11) is 0. The van der Waals surface area contributed by atoms with Crippen molar-refractivity contribution in [1.82, 2.24) is 0 Å². The largest absolute Gasteiger partial charge is 0.481 e. The highest BCUT2D eigenvalue weighted by Crippen LogP contribution is 2.67. The summed E-state index contributed by atoms with van der Waals surface area (Å²) >= 11 is 0. The van der Waals surface area contributed by atoms with Gasteiger partial charge in [0.05, 0.1) is 11.8 Å². The van der Waals surface area contributed by atoms with Gasteiger partial charge in [-0.3, -0.25) is 9.59 Å². The monoisotopic (exact) mass is 280 g/mol. The molecule has 0 aromatic heterocycles. The summed E-state index contributed by atoms with van der Waals surface area (Å²) in [4.78, 5) is 23.2. The Labute approximate surface area is 119 Å². The molecule has 0 amide bonds. The van der Waals surface area contributed by atoms with Gasteiger partial charge >= 0.3 is 11.9 Å². The molecule has 3 rings (SSSR count). The van der Waals surface area contributed by atoms with Crippen LogP contribution in [0.15, 0.2) is 0 Å². The fourth-order valence-electron chi connectivity index (χ4n) is 6.09. The third kappa shape index (κ3) is 1.66. The Morgan fingerprint density at radius 1 is 0.850 bits per heavy atom. The average Bonchev–Trinajstić information content (AvgIpc) is 3.05. The maximum atomic E-state index is 11.6. The number of aliphatic carboxylic acids is 2. The van der Waals surface area contributed by atoms with Gasteiger partial charge in [0.25, 0.3) is 0 Å². The lowest BCUT2D eigenvalue weighted by molar-refractivity contribution is -0.159. The molecule has 8 unspecified atom stereocenters. The molecule has 0 heterocycles. The average molecular weight is 280 g/mol. The van der Waals surface area contributed by atoms with Gasteiger partial charge in [-0.1, -0.05) is 26.7 Å². The standard InChI is InChI=1S/C16H24O4/c1-3-7-5-8(4-2)12-10-6-9(11(7)12)13(15(17)18)14(10)16(19)20/h7-14H,3-6H2,1-2H3,(H,17,18)(H,19,20). The summed E-state index contributed by atoms with van der Waals surface area (Å²) in [5.74, 6) is -0.732. The number of carboxylic acid groups (broad SMARTS) is 2. The molecule has 20 heavy (non-hydrogen) atoms. The second kappa shape index (κ2) is 4.74. The molecule has 0 aromatic carbocycles. The van der Waals surface area contributed by atoms with Crippen molar-refractivity contribution in [3.63, 3.8) is 0 Å². The quantitative estimate of drug-likeness (QED) is 0.830. The number of hydrogen-bond acceptors (Lipinski definition) is 2. The summed E-state index contributed by atoms with van der Waals surface area (Å²) in [5, 5.41) is 19.0. The Morgan fingerprint density at radius 3 is 1.55 bits per heavy atom. The van der Waals surface area contributed by atoms with Crippen LogP contribution in [0.1, 0.15) is 39.5 Å². The molecule has 0 saturated heterocycles. The van der Waals surface area contributed by atoms with E-state index in [0.717, 1.165) is 19.3 Å². The van der Waals surface area contributed by atoms with Crippen molar-refractivity contribution in [3.05, 3.63) is 0 Å². The van der Waals surface area contributed by atoms with E-state index in [4.69, 9.17) is 0 Å². The summed E-state index contributed by atoms with van der Waals surface area (Å²) < 4.78 is 0. The molecule has 2 N–H and O–H groups in total. The van der Waals surface area contributed by atoms with E-state index in [1.807, 2.05) is 0 Å². The lowest BCUT2D eigenvalue weighted by Gasteiger charge is -2.37. The minimum atomic E-state index is -0.891.